The molecular weight excluding hydrogens is 354 g/mol. The van der Waals surface area contributed by atoms with Crippen molar-refractivity contribution in [3.8, 4) is 0 Å². The highest BCUT2D eigenvalue weighted by Gasteiger charge is 2.04. The smallest absolute Gasteiger partial charge is 0.255 e. The summed E-state index contributed by atoms with van der Waals surface area (Å²) in [5.74, 6) is 2.52. The Morgan fingerprint density at radius 2 is 2.08 bits per heavy atom. The molecule has 0 amide bonds. The number of aromatic nitrogens is 4. The van der Waals surface area contributed by atoms with E-state index in [4.69, 9.17) is 0 Å². The molecule has 0 fully saturated rings. The van der Waals surface area contributed by atoms with Gasteiger partial charge in [0.25, 0.3) is 5.56 Å². The van der Waals surface area contributed by atoms with Gasteiger partial charge in [-0.3, -0.25) is 14.8 Å². The number of hydrogen-bond donors (Lipinski definition) is 2. The molecule has 2 N–H and O–H groups in total. The second-order valence-electron chi connectivity index (χ2n) is 5.38. The largest absolute Gasteiger partial charge is 0.356 e. The minimum atomic E-state index is -0.104. The molecule has 0 aromatic carbocycles. The van der Waals surface area contributed by atoms with Crippen molar-refractivity contribution in [3.05, 3.63) is 68.8 Å². The van der Waals surface area contributed by atoms with Crippen molar-refractivity contribution in [1.82, 2.24) is 19.9 Å². The summed E-state index contributed by atoms with van der Waals surface area (Å²) in [6.45, 7) is 0.775. The van der Waals surface area contributed by atoms with Gasteiger partial charge in [-0.05, 0) is 29.9 Å². The van der Waals surface area contributed by atoms with Crippen molar-refractivity contribution in [1.29, 1.82) is 0 Å². The predicted octanol–water partition coefficient (Wildman–Crippen LogP) is 2.95. The Kier molecular flexibility index (Phi) is 6.58. The summed E-state index contributed by atoms with van der Waals surface area (Å²) in [5.41, 5.74) is 1.59. The van der Waals surface area contributed by atoms with Crippen molar-refractivity contribution in [2.24, 2.45) is 0 Å². The van der Waals surface area contributed by atoms with Crippen LogP contribution in [0.5, 0.6) is 0 Å². The van der Waals surface area contributed by atoms with E-state index >= 15 is 0 Å². The summed E-state index contributed by atoms with van der Waals surface area (Å²) >= 11 is 3.55. The van der Waals surface area contributed by atoms with Crippen LogP contribution in [0.15, 0.2) is 47.1 Å². The Labute approximate surface area is 154 Å². The second kappa shape index (κ2) is 9.33. The predicted molar refractivity (Wildman–Crippen MR) is 103 cm³/mol. The van der Waals surface area contributed by atoms with Gasteiger partial charge in [0.05, 0.1) is 0 Å². The van der Waals surface area contributed by atoms with Crippen molar-refractivity contribution in [3.63, 3.8) is 0 Å². The van der Waals surface area contributed by atoms with Gasteiger partial charge in [-0.1, -0.05) is 0 Å². The fourth-order valence-electron chi connectivity index (χ4n) is 2.22. The number of thioether (sulfide) groups is 1. The zero-order chi connectivity index (χ0) is 17.3. The molecule has 3 aromatic heterocycles. The third-order valence-electron chi connectivity index (χ3n) is 3.48. The van der Waals surface area contributed by atoms with Crippen LogP contribution in [0, 0.1) is 0 Å². The fourth-order valence-corrected chi connectivity index (χ4v) is 3.89. The van der Waals surface area contributed by atoms with E-state index in [1.54, 1.807) is 29.9 Å². The van der Waals surface area contributed by atoms with Crippen molar-refractivity contribution >= 4 is 29.0 Å². The van der Waals surface area contributed by atoms with E-state index in [9.17, 15) is 4.79 Å². The molecular formula is C17H19N5OS2. The number of H-pyrrole nitrogens is 1. The molecule has 3 heterocycles. The van der Waals surface area contributed by atoms with E-state index in [1.807, 2.05) is 35.5 Å². The Balaban J connectivity index is 1.41. The van der Waals surface area contributed by atoms with E-state index < -0.39 is 0 Å². The summed E-state index contributed by atoms with van der Waals surface area (Å²) in [4.78, 5) is 27.5. The molecule has 0 unspecified atom stereocenters. The van der Waals surface area contributed by atoms with Crippen LogP contribution in [0.1, 0.15) is 22.6 Å². The summed E-state index contributed by atoms with van der Waals surface area (Å²) in [6, 6.07) is 3.80. The zero-order valence-electron chi connectivity index (χ0n) is 13.6. The third-order valence-corrected chi connectivity index (χ3v) is 5.50. The van der Waals surface area contributed by atoms with Crippen molar-refractivity contribution in [2.45, 2.75) is 18.6 Å². The summed E-state index contributed by atoms with van der Waals surface area (Å²) in [5, 5.41) is 6.33. The maximum Gasteiger partial charge on any atom is 0.255 e. The van der Waals surface area contributed by atoms with Crippen LogP contribution in [0.4, 0.5) is 5.95 Å². The molecule has 8 heteroatoms. The second-order valence-corrected chi connectivity index (χ2v) is 7.46. The van der Waals surface area contributed by atoms with E-state index in [1.165, 1.54) is 0 Å². The maximum absolute atomic E-state index is 12.1. The van der Waals surface area contributed by atoms with Gasteiger partial charge in [0.2, 0.25) is 5.95 Å². The Morgan fingerprint density at radius 3 is 2.84 bits per heavy atom. The van der Waals surface area contributed by atoms with Crippen LogP contribution < -0.4 is 10.9 Å². The lowest BCUT2D eigenvalue weighted by molar-refractivity contribution is 0.943. The molecule has 0 saturated carbocycles. The summed E-state index contributed by atoms with van der Waals surface area (Å²) < 4.78 is 0. The van der Waals surface area contributed by atoms with Crippen molar-refractivity contribution in [2.75, 3.05) is 17.6 Å². The highest BCUT2D eigenvalue weighted by atomic mass is 32.2. The first kappa shape index (κ1) is 17.6. The molecule has 25 heavy (non-hydrogen) atoms. The van der Waals surface area contributed by atoms with Crippen molar-refractivity contribution < 1.29 is 0 Å². The van der Waals surface area contributed by atoms with E-state index in [-0.39, 0.29) is 5.56 Å². The van der Waals surface area contributed by atoms with Crippen LogP contribution in [0.3, 0.4) is 0 Å². The SMILES string of the molecule is O=c1[nH]c(NCCCSCc2nccs2)ncc1Cc1ccncc1. The topological polar surface area (TPSA) is 83.6 Å². The number of anilines is 1. The lowest BCUT2D eigenvalue weighted by Crippen LogP contribution is -2.17. The highest BCUT2D eigenvalue weighted by molar-refractivity contribution is 7.98. The first-order chi connectivity index (χ1) is 12.3. The van der Waals surface area contributed by atoms with Gasteiger partial charge in [0.15, 0.2) is 0 Å². The van der Waals surface area contributed by atoms with E-state index in [0.717, 1.165) is 35.0 Å². The first-order valence-corrected chi connectivity index (χ1v) is 10.0. The number of nitrogens with zero attached hydrogens (tertiary/aromatic N) is 3. The molecule has 0 aliphatic rings. The first-order valence-electron chi connectivity index (χ1n) is 7.98. The van der Waals surface area contributed by atoms with Gasteiger partial charge in [-0.2, -0.15) is 11.8 Å². The summed E-state index contributed by atoms with van der Waals surface area (Å²) in [6.07, 6.45) is 8.47. The van der Waals surface area contributed by atoms with Gasteiger partial charge in [-0.15, -0.1) is 11.3 Å². The van der Waals surface area contributed by atoms with Crippen LogP contribution in [-0.2, 0) is 12.2 Å². The number of hydrogen-bond acceptors (Lipinski definition) is 7. The minimum Gasteiger partial charge on any atom is -0.356 e. The summed E-state index contributed by atoms with van der Waals surface area (Å²) in [7, 11) is 0. The van der Waals surface area contributed by atoms with Gasteiger partial charge < -0.3 is 5.32 Å². The van der Waals surface area contributed by atoms with E-state index in [0.29, 0.717) is 17.9 Å². The average Bonchev–Trinajstić information content (AvgIpc) is 3.14. The molecule has 130 valence electrons. The lowest BCUT2D eigenvalue weighted by Gasteiger charge is -2.06. The molecule has 0 radical (unpaired) electrons. The highest BCUT2D eigenvalue weighted by Crippen LogP contribution is 2.14. The molecule has 0 aliphatic carbocycles. The van der Waals surface area contributed by atoms with Gasteiger partial charge in [0, 0.05) is 54.4 Å². The van der Waals surface area contributed by atoms with Crippen LogP contribution in [0.25, 0.3) is 0 Å². The molecule has 3 rings (SSSR count). The number of rotatable bonds is 9. The standard InChI is InChI=1S/C17H19N5OS2/c23-16-14(10-13-2-5-18-6-3-13)11-21-17(22-16)20-4-1-8-24-12-15-19-7-9-25-15/h2-3,5-7,9,11H,1,4,8,10,12H2,(H2,20,21,22,23). The van der Waals surface area contributed by atoms with Crippen LogP contribution in [0.2, 0.25) is 0 Å². The Hall–Kier alpha value is -2.19. The Bertz CT molecular complexity index is 821. The third kappa shape index (κ3) is 5.68. The maximum atomic E-state index is 12.1. The normalized spacial score (nSPS) is 10.7. The average molecular weight is 374 g/mol. The van der Waals surface area contributed by atoms with Gasteiger partial charge in [-0.25, -0.2) is 9.97 Å². The number of pyridine rings is 1. The molecule has 0 aliphatic heterocycles. The molecule has 0 spiro atoms. The quantitative estimate of drug-likeness (QED) is 0.561. The number of aromatic amines is 1. The monoisotopic (exact) mass is 373 g/mol. The van der Waals surface area contributed by atoms with E-state index in [2.05, 4.69) is 25.3 Å². The molecule has 3 aromatic rings. The molecule has 0 saturated heterocycles. The molecule has 6 nitrogen and oxygen atoms in total. The van der Waals surface area contributed by atoms with Crippen LogP contribution >= 0.6 is 23.1 Å². The molecule has 0 atom stereocenters. The number of nitrogens with one attached hydrogen (secondary N) is 2. The minimum absolute atomic E-state index is 0.104. The van der Waals surface area contributed by atoms with Crippen LogP contribution in [-0.4, -0.2) is 32.2 Å². The lowest BCUT2D eigenvalue weighted by atomic mass is 10.1. The molecule has 0 bridgehead atoms. The van der Waals surface area contributed by atoms with Gasteiger partial charge in [0.1, 0.15) is 5.01 Å². The fraction of sp³-hybridized carbons (Fsp3) is 0.294. The number of thiazole rings is 1. The van der Waals surface area contributed by atoms with Gasteiger partial charge >= 0.3 is 0 Å². The Morgan fingerprint density at radius 1 is 1.20 bits per heavy atom. The zero-order valence-corrected chi connectivity index (χ0v) is 15.3.